The third-order valence-electron chi connectivity index (χ3n) is 3.93. The van der Waals surface area contributed by atoms with Crippen LogP contribution < -0.4 is 5.32 Å². The molecule has 1 heterocycles. The molecule has 0 saturated carbocycles. The van der Waals surface area contributed by atoms with Crippen LogP contribution in [-0.2, 0) is 19.4 Å². The molecule has 1 fully saturated rings. The number of carbonyl (C=O) groups is 2. The van der Waals surface area contributed by atoms with Gasteiger partial charge in [-0.25, -0.2) is 8.42 Å². The largest absolute Gasteiger partial charge is 0.340 e. The lowest BCUT2D eigenvalue weighted by atomic mass is 9.89. The summed E-state index contributed by atoms with van der Waals surface area (Å²) in [5.74, 6) is -0.260. The van der Waals surface area contributed by atoms with Gasteiger partial charge in [-0.15, -0.1) is 0 Å². The molecule has 1 aliphatic heterocycles. The third kappa shape index (κ3) is 4.43. The second-order valence-electron chi connectivity index (χ2n) is 6.43. The van der Waals surface area contributed by atoms with Crippen LogP contribution in [0.2, 0.25) is 0 Å². The van der Waals surface area contributed by atoms with Crippen molar-refractivity contribution in [3.63, 3.8) is 0 Å². The van der Waals surface area contributed by atoms with Crippen molar-refractivity contribution in [2.75, 3.05) is 18.6 Å². The van der Waals surface area contributed by atoms with Gasteiger partial charge in [-0.05, 0) is 26.2 Å². The Hall–Kier alpha value is -1.11. The van der Waals surface area contributed by atoms with E-state index in [0.29, 0.717) is 6.42 Å². The summed E-state index contributed by atoms with van der Waals surface area (Å²) in [5, 5.41) is 2.76. The summed E-state index contributed by atoms with van der Waals surface area (Å²) in [6.45, 7) is 7.53. The number of nitrogens with one attached hydrogen (secondary N) is 1. The van der Waals surface area contributed by atoms with E-state index in [1.54, 1.807) is 18.7 Å². The fourth-order valence-corrected chi connectivity index (χ4v) is 3.24. The number of sulfone groups is 1. The maximum atomic E-state index is 12.5. The summed E-state index contributed by atoms with van der Waals surface area (Å²) in [6.07, 6.45) is 2.29. The summed E-state index contributed by atoms with van der Waals surface area (Å²) in [6, 6.07) is -0.518. The van der Waals surface area contributed by atoms with Gasteiger partial charge in [-0.3, -0.25) is 9.59 Å². The molecule has 122 valence electrons. The smallest absolute Gasteiger partial charge is 0.248 e. The zero-order chi connectivity index (χ0) is 16.4. The van der Waals surface area contributed by atoms with Crippen molar-refractivity contribution in [1.82, 2.24) is 10.2 Å². The van der Waals surface area contributed by atoms with Crippen molar-refractivity contribution in [3.05, 3.63) is 0 Å². The van der Waals surface area contributed by atoms with Crippen molar-refractivity contribution in [1.29, 1.82) is 0 Å². The Balaban J connectivity index is 2.94. The first-order valence-corrected chi connectivity index (χ1v) is 9.36. The number of rotatable bonds is 6. The first kappa shape index (κ1) is 17.9. The molecule has 0 spiro atoms. The molecule has 0 aliphatic carbocycles. The zero-order valence-corrected chi connectivity index (χ0v) is 14.3. The molecular formula is C14H26N2O4S. The van der Waals surface area contributed by atoms with E-state index < -0.39 is 21.4 Å². The van der Waals surface area contributed by atoms with Crippen LogP contribution >= 0.6 is 0 Å². The zero-order valence-electron chi connectivity index (χ0n) is 13.5. The fourth-order valence-electron chi connectivity index (χ4n) is 2.59. The van der Waals surface area contributed by atoms with Crippen molar-refractivity contribution < 1.29 is 18.0 Å². The molecule has 0 aromatic heterocycles. The Morgan fingerprint density at radius 3 is 2.38 bits per heavy atom. The highest BCUT2D eigenvalue weighted by atomic mass is 32.2. The van der Waals surface area contributed by atoms with Gasteiger partial charge in [0.2, 0.25) is 11.8 Å². The fraction of sp³-hybridized carbons (Fsp3) is 0.857. The van der Waals surface area contributed by atoms with Gasteiger partial charge < -0.3 is 10.2 Å². The lowest BCUT2D eigenvalue weighted by molar-refractivity contribution is -0.155. The average Bonchev–Trinajstić information content (AvgIpc) is 2.32. The Morgan fingerprint density at radius 1 is 1.33 bits per heavy atom. The second-order valence-corrected chi connectivity index (χ2v) is 8.69. The second kappa shape index (κ2) is 6.34. The van der Waals surface area contributed by atoms with Crippen LogP contribution in [0.5, 0.6) is 0 Å². The number of piperazine rings is 1. The van der Waals surface area contributed by atoms with E-state index in [1.807, 2.05) is 13.8 Å². The van der Waals surface area contributed by atoms with Gasteiger partial charge in [0.05, 0.1) is 5.75 Å². The van der Waals surface area contributed by atoms with E-state index in [2.05, 4.69) is 5.32 Å². The lowest BCUT2D eigenvalue weighted by Gasteiger charge is -2.44. The Bertz CT molecular complexity index is 513. The maximum Gasteiger partial charge on any atom is 0.248 e. The van der Waals surface area contributed by atoms with Gasteiger partial charge in [0, 0.05) is 12.8 Å². The van der Waals surface area contributed by atoms with Gasteiger partial charge >= 0.3 is 0 Å². The van der Waals surface area contributed by atoms with Crippen LogP contribution in [0.3, 0.4) is 0 Å². The Morgan fingerprint density at radius 2 is 1.90 bits per heavy atom. The number of hydrogen-bond acceptors (Lipinski definition) is 4. The van der Waals surface area contributed by atoms with Gasteiger partial charge in [-0.1, -0.05) is 20.3 Å². The van der Waals surface area contributed by atoms with Crippen LogP contribution in [-0.4, -0.2) is 55.3 Å². The summed E-state index contributed by atoms with van der Waals surface area (Å²) in [4.78, 5) is 26.4. The van der Waals surface area contributed by atoms with Gasteiger partial charge in [0.1, 0.15) is 21.4 Å². The maximum absolute atomic E-state index is 12.5. The molecule has 0 bridgehead atoms. The standard InChI is InChI=1S/C14H26N2O4S/c1-6-10(2)11-12(17)15-14(3,4)13(18)16(11)8-7-9-21(5,19)20/h10-11H,6-9H2,1-5H3,(H,15,17). The summed E-state index contributed by atoms with van der Waals surface area (Å²) >= 11 is 0. The molecule has 2 atom stereocenters. The quantitative estimate of drug-likeness (QED) is 0.776. The third-order valence-corrected chi connectivity index (χ3v) is 4.96. The van der Waals surface area contributed by atoms with Crippen molar-refractivity contribution in [2.24, 2.45) is 5.92 Å². The molecule has 2 amide bonds. The topological polar surface area (TPSA) is 83.6 Å². The minimum absolute atomic E-state index is 0.0199. The van der Waals surface area contributed by atoms with E-state index in [-0.39, 0.29) is 30.0 Å². The molecule has 0 radical (unpaired) electrons. The molecule has 1 saturated heterocycles. The van der Waals surface area contributed by atoms with Gasteiger partial charge in [0.15, 0.2) is 0 Å². The first-order valence-electron chi connectivity index (χ1n) is 7.30. The highest BCUT2D eigenvalue weighted by Crippen LogP contribution is 2.24. The summed E-state index contributed by atoms with van der Waals surface area (Å²) < 4.78 is 22.5. The van der Waals surface area contributed by atoms with Crippen LogP contribution in [0, 0.1) is 5.92 Å². The minimum Gasteiger partial charge on any atom is -0.340 e. The van der Waals surface area contributed by atoms with Gasteiger partial charge in [0.25, 0.3) is 0 Å². The first-order chi connectivity index (χ1) is 9.49. The van der Waals surface area contributed by atoms with Crippen molar-refractivity contribution in [2.45, 2.75) is 52.1 Å². The van der Waals surface area contributed by atoms with Crippen molar-refractivity contribution in [3.8, 4) is 0 Å². The van der Waals surface area contributed by atoms with Crippen LogP contribution in [0.1, 0.15) is 40.5 Å². The summed E-state index contributed by atoms with van der Waals surface area (Å²) in [5.41, 5.74) is -0.938. The van der Waals surface area contributed by atoms with Crippen molar-refractivity contribution >= 4 is 21.7 Å². The van der Waals surface area contributed by atoms with Crippen LogP contribution in [0.15, 0.2) is 0 Å². The normalized spacial score (nSPS) is 23.9. The SMILES string of the molecule is CCC(C)C1C(=O)NC(C)(C)C(=O)N1CCCS(C)(=O)=O. The molecule has 21 heavy (non-hydrogen) atoms. The lowest BCUT2D eigenvalue weighted by Crippen LogP contribution is -2.69. The number of hydrogen-bond donors (Lipinski definition) is 1. The predicted octanol–water partition coefficient (Wildman–Crippen LogP) is 0.573. The molecule has 7 heteroatoms. The monoisotopic (exact) mass is 318 g/mol. The van der Waals surface area contributed by atoms with Crippen LogP contribution in [0.4, 0.5) is 0 Å². The van der Waals surface area contributed by atoms with E-state index in [9.17, 15) is 18.0 Å². The Kier molecular flexibility index (Phi) is 5.41. The highest BCUT2D eigenvalue weighted by molar-refractivity contribution is 7.90. The number of amides is 2. The van der Waals surface area contributed by atoms with Gasteiger partial charge in [-0.2, -0.15) is 0 Å². The van der Waals surface area contributed by atoms with E-state index in [1.165, 1.54) is 6.26 Å². The highest BCUT2D eigenvalue weighted by Gasteiger charge is 2.46. The molecule has 0 aromatic carbocycles. The summed E-state index contributed by atoms with van der Waals surface area (Å²) in [7, 11) is -3.07. The molecule has 6 nitrogen and oxygen atoms in total. The minimum atomic E-state index is -3.07. The average molecular weight is 318 g/mol. The molecule has 0 aromatic rings. The molecule has 1 aliphatic rings. The number of nitrogens with zero attached hydrogens (tertiary/aromatic N) is 1. The molecule has 1 rings (SSSR count). The Labute approximate surface area is 127 Å². The van der Waals surface area contributed by atoms with E-state index in [0.717, 1.165) is 6.42 Å². The molecule has 2 unspecified atom stereocenters. The van der Waals surface area contributed by atoms with Crippen LogP contribution in [0.25, 0.3) is 0 Å². The molecular weight excluding hydrogens is 292 g/mol. The molecule has 1 N–H and O–H groups in total. The van der Waals surface area contributed by atoms with E-state index >= 15 is 0 Å². The van der Waals surface area contributed by atoms with E-state index in [4.69, 9.17) is 0 Å². The number of carbonyl (C=O) groups excluding carboxylic acids is 2. The predicted molar refractivity (Wildman–Crippen MR) is 81.5 cm³/mol.